The molecule has 3 aromatic rings. The van der Waals surface area contributed by atoms with E-state index in [9.17, 15) is 9.18 Å². The van der Waals surface area contributed by atoms with Crippen molar-refractivity contribution in [1.29, 1.82) is 0 Å². The van der Waals surface area contributed by atoms with Crippen LogP contribution >= 0.6 is 0 Å². The molecular weight excluding hydrogens is 285 g/mol. The number of carbonyl (C=O) groups is 1. The molecule has 1 aromatic heterocycles. The molecule has 0 unspecified atom stereocenters. The van der Waals surface area contributed by atoms with E-state index in [1.54, 1.807) is 0 Å². The van der Waals surface area contributed by atoms with Crippen LogP contribution in [0.25, 0.3) is 11.5 Å². The Hall–Kier alpha value is -3.02. The van der Waals surface area contributed by atoms with E-state index in [0.717, 1.165) is 5.56 Å². The van der Waals surface area contributed by atoms with Crippen molar-refractivity contribution in [2.45, 2.75) is 6.54 Å². The largest absolute Gasteiger partial charge is 0.345 e. The van der Waals surface area contributed by atoms with Crippen molar-refractivity contribution in [1.82, 2.24) is 15.5 Å². The Labute approximate surface area is 125 Å². The molecular formula is C16H12FN3O2. The first-order valence-electron chi connectivity index (χ1n) is 6.64. The van der Waals surface area contributed by atoms with Crippen LogP contribution in [-0.4, -0.2) is 16.0 Å². The molecule has 0 fully saturated rings. The van der Waals surface area contributed by atoms with Gasteiger partial charge in [0, 0.05) is 11.1 Å². The Kier molecular flexibility index (Phi) is 3.91. The summed E-state index contributed by atoms with van der Waals surface area (Å²) in [4.78, 5) is 16.1. The second-order valence-corrected chi connectivity index (χ2v) is 4.57. The van der Waals surface area contributed by atoms with Crippen molar-refractivity contribution in [3.63, 3.8) is 0 Å². The maximum Gasteiger partial charge on any atom is 0.257 e. The maximum atomic E-state index is 13.1. The minimum atomic E-state index is -0.460. The number of nitrogens with one attached hydrogen (secondary N) is 1. The summed E-state index contributed by atoms with van der Waals surface area (Å²) in [5.41, 5.74) is 1.05. The molecule has 110 valence electrons. The molecule has 1 N–H and O–H groups in total. The zero-order chi connectivity index (χ0) is 15.4. The van der Waals surface area contributed by atoms with Gasteiger partial charge in [-0.1, -0.05) is 29.4 Å². The van der Waals surface area contributed by atoms with Crippen LogP contribution in [0.2, 0.25) is 0 Å². The predicted molar refractivity (Wildman–Crippen MR) is 77.3 cm³/mol. The Morgan fingerprint density at radius 1 is 1.14 bits per heavy atom. The molecule has 6 heteroatoms. The summed E-state index contributed by atoms with van der Waals surface area (Å²) in [6, 6.07) is 14.8. The molecule has 0 spiro atoms. The molecule has 0 aliphatic rings. The first-order valence-corrected chi connectivity index (χ1v) is 6.64. The van der Waals surface area contributed by atoms with Crippen LogP contribution in [0.1, 0.15) is 16.2 Å². The van der Waals surface area contributed by atoms with Gasteiger partial charge in [0.15, 0.2) is 5.82 Å². The average Bonchev–Trinajstić information content (AvgIpc) is 3.02. The van der Waals surface area contributed by atoms with Gasteiger partial charge in [-0.25, -0.2) is 4.39 Å². The third-order valence-corrected chi connectivity index (χ3v) is 2.98. The third-order valence-electron chi connectivity index (χ3n) is 2.98. The van der Waals surface area contributed by atoms with Gasteiger partial charge in [-0.3, -0.25) is 4.79 Å². The summed E-state index contributed by atoms with van der Waals surface area (Å²) in [6.45, 7) is 0.103. The van der Waals surface area contributed by atoms with Crippen molar-refractivity contribution >= 4 is 5.91 Å². The van der Waals surface area contributed by atoms with Crippen molar-refractivity contribution < 1.29 is 13.7 Å². The fourth-order valence-corrected chi connectivity index (χ4v) is 1.91. The fourth-order valence-electron chi connectivity index (χ4n) is 1.91. The van der Waals surface area contributed by atoms with Gasteiger partial charge in [-0.2, -0.15) is 4.98 Å². The smallest absolute Gasteiger partial charge is 0.257 e. The highest BCUT2D eigenvalue weighted by molar-refractivity contribution is 5.94. The number of carbonyl (C=O) groups excluding carboxylic acids is 1. The number of rotatable bonds is 4. The van der Waals surface area contributed by atoms with E-state index in [1.807, 2.05) is 30.3 Å². The monoisotopic (exact) mass is 297 g/mol. The highest BCUT2D eigenvalue weighted by Gasteiger charge is 2.11. The first-order chi connectivity index (χ1) is 10.7. The lowest BCUT2D eigenvalue weighted by molar-refractivity contribution is 0.0949. The molecule has 0 atom stereocenters. The van der Waals surface area contributed by atoms with E-state index >= 15 is 0 Å². The van der Waals surface area contributed by atoms with Crippen molar-refractivity contribution in [3.8, 4) is 11.5 Å². The lowest BCUT2D eigenvalue weighted by Crippen LogP contribution is -2.23. The number of benzene rings is 2. The van der Waals surface area contributed by atoms with E-state index < -0.39 is 11.7 Å². The predicted octanol–water partition coefficient (Wildman–Crippen LogP) is 2.81. The number of aromatic nitrogens is 2. The Bertz CT molecular complexity index is 787. The topological polar surface area (TPSA) is 68.0 Å². The summed E-state index contributed by atoms with van der Waals surface area (Å²) in [5.74, 6) is -0.122. The standard InChI is InChI=1S/C16H12FN3O2/c17-13-8-4-7-12(9-13)15(21)18-10-14-19-16(22-20-14)11-5-2-1-3-6-11/h1-9H,10H2,(H,18,21). The molecule has 22 heavy (non-hydrogen) atoms. The zero-order valence-electron chi connectivity index (χ0n) is 11.5. The van der Waals surface area contributed by atoms with Crippen LogP contribution in [0.4, 0.5) is 4.39 Å². The Morgan fingerprint density at radius 2 is 1.95 bits per heavy atom. The van der Waals surface area contributed by atoms with Crippen LogP contribution in [-0.2, 0) is 6.54 Å². The quantitative estimate of drug-likeness (QED) is 0.804. The second-order valence-electron chi connectivity index (χ2n) is 4.57. The van der Waals surface area contributed by atoms with E-state index in [2.05, 4.69) is 15.5 Å². The molecule has 1 heterocycles. The van der Waals surface area contributed by atoms with Crippen molar-refractivity contribution in [2.24, 2.45) is 0 Å². The van der Waals surface area contributed by atoms with Gasteiger partial charge >= 0.3 is 0 Å². The second kappa shape index (κ2) is 6.17. The van der Waals surface area contributed by atoms with Crippen molar-refractivity contribution in [3.05, 3.63) is 71.8 Å². The Morgan fingerprint density at radius 3 is 2.73 bits per heavy atom. The molecule has 0 saturated carbocycles. The molecule has 0 aliphatic heterocycles. The summed E-state index contributed by atoms with van der Waals surface area (Å²) in [6.07, 6.45) is 0. The summed E-state index contributed by atoms with van der Waals surface area (Å²) in [5, 5.41) is 6.42. The molecule has 0 bridgehead atoms. The molecule has 0 radical (unpaired) electrons. The molecule has 3 rings (SSSR count). The number of hydrogen-bond acceptors (Lipinski definition) is 4. The van der Waals surface area contributed by atoms with Gasteiger partial charge < -0.3 is 9.84 Å². The van der Waals surface area contributed by atoms with Gasteiger partial charge in [-0.05, 0) is 30.3 Å². The van der Waals surface area contributed by atoms with Crippen LogP contribution in [0.5, 0.6) is 0 Å². The SMILES string of the molecule is O=C(NCc1noc(-c2ccccc2)n1)c1cccc(F)c1. The lowest BCUT2D eigenvalue weighted by Gasteiger charge is -2.02. The van der Waals surface area contributed by atoms with Gasteiger partial charge in [0.1, 0.15) is 5.82 Å². The minimum Gasteiger partial charge on any atom is -0.345 e. The summed E-state index contributed by atoms with van der Waals surface area (Å²) < 4.78 is 18.2. The number of amides is 1. The van der Waals surface area contributed by atoms with E-state index in [4.69, 9.17) is 4.52 Å². The first kappa shape index (κ1) is 13.9. The van der Waals surface area contributed by atoms with Gasteiger partial charge in [0.2, 0.25) is 0 Å². The van der Waals surface area contributed by atoms with Gasteiger partial charge in [0.05, 0.1) is 6.54 Å². The van der Waals surface area contributed by atoms with Crippen LogP contribution in [0.15, 0.2) is 59.1 Å². The Balaban J connectivity index is 1.65. The molecule has 0 saturated heterocycles. The van der Waals surface area contributed by atoms with E-state index in [-0.39, 0.29) is 12.1 Å². The highest BCUT2D eigenvalue weighted by Crippen LogP contribution is 2.15. The number of hydrogen-bond donors (Lipinski definition) is 1. The third kappa shape index (κ3) is 3.17. The summed E-state index contributed by atoms with van der Waals surface area (Å²) >= 11 is 0. The minimum absolute atomic E-state index is 0.103. The highest BCUT2D eigenvalue weighted by atomic mass is 19.1. The zero-order valence-corrected chi connectivity index (χ0v) is 11.5. The molecule has 0 aliphatic carbocycles. The van der Waals surface area contributed by atoms with Crippen LogP contribution < -0.4 is 5.32 Å². The molecule has 5 nitrogen and oxygen atoms in total. The van der Waals surface area contributed by atoms with Crippen LogP contribution in [0, 0.1) is 5.82 Å². The normalized spacial score (nSPS) is 10.4. The van der Waals surface area contributed by atoms with Crippen molar-refractivity contribution in [2.75, 3.05) is 0 Å². The number of halogens is 1. The van der Waals surface area contributed by atoms with Gasteiger partial charge in [0.25, 0.3) is 11.8 Å². The summed E-state index contributed by atoms with van der Waals surface area (Å²) in [7, 11) is 0. The molecule has 2 aromatic carbocycles. The maximum absolute atomic E-state index is 13.1. The number of nitrogens with zero attached hydrogens (tertiary/aromatic N) is 2. The van der Waals surface area contributed by atoms with E-state index in [0.29, 0.717) is 11.7 Å². The lowest BCUT2D eigenvalue weighted by atomic mass is 10.2. The molecule has 1 amide bonds. The fraction of sp³-hybridized carbons (Fsp3) is 0.0625. The average molecular weight is 297 g/mol. The van der Waals surface area contributed by atoms with Crippen LogP contribution in [0.3, 0.4) is 0 Å². The van der Waals surface area contributed by atoms with Gasteiger partial charge in [-0.15, -0.1) is 0 Å². The van der Waals surface area contributed by atoms with E-state index in [1.165, 1.54) is 24.3 Å².